The number of aliphatic hydroxyl groups is 1. The highest BCUT2D eigenvalue weighted by Crippen LogP contribution is 2.10. The molecule has 0 aliphatic rings. The van der Waals surface area contributed by atoms with Gasteiger partial charge in [0.2, 0.25) is 0 Å². The number of hydrogen-bond acceptors (Lipinski definition) is 3. The Morgan fingerprint density at radius 1 is 1.47 bits per heavy atom. The third-order valence-corrected chi connectivity index (χ3v) is 2.79. The maximum Gasteiger partial charge on any atom is 0.0991 e. The molecule has 0 aliphatic heterocycles. The molecule has 0 amide bonds. The van der Waals surface area contributed by atoms with Crippen LogP contribution in [0.4, 0.5) is 0 Å². The monoisotopic (exact) mass is 232 g/mol. The second-order valence-corrected chi connectivity index (χ2v) is 4.33. The molecule has 1 atom stereocenters. The summed E-state index contributed by atoms with van der Waals surface area (Å²) in [4.78, 5) is 0. The zero-order valence-electron chi connectivity index (χ0n) is 10.5. The zero-order valence-corrected chi connectivity index (χ0v) is 10.5. The van der Waals surface area contributed by atoms with Crippen LogP contribution in [0, 0.1) is 18.3 Å². The highest BCUT2D eigenvalue weighted by molar-refractivity contribution is 5.37. The van der Waals surface area contributed by atoms with E-state index in [9.17, 15) is 5.11 Å². The molecule has 0 fully saturated rings. The number of nitrogens with zero attached hydrogens (tertiary/aromatic N) is 1. The zero-order chi connectivity index (χ0) is 12.7. The first-order chi connectivity index (χ1) is 8.17. The van der Waals surface area contributed by atoms with E-state index in [1.165, 1.54) is 5.56 Å². The number of rotatable bonds is 6. The summed E-state index contributed by atoms with van der Waals surface area (Å²) in [6.45, 7) is 5.42. The van der Waals surface area contributed by atoms with Gasteiger partial charge in [-0.2, -0.15) is 5.26 Å². The van der Waals surface area contributed by atoms with Crippen LogP contribution in [0.1, 0.15) is 36.5 Å². The van der Waals surface area contributed by atoms with Crippen LogP contribution in [0.25, 0.3) is 0 Å². The Morgan fingerprint density at radius 3 is 2.82 bits per heavy atom. The second kappa shape index (κ2) is 7.05. The van der Waals surface area contributed by atoms with Gasteiger partial charge in [0.15, 0.2) is 0 Å². The molecule has 0 aliphatic carbocycles. The topological polar surface area (TPSA) is 56.0 Å². The fourth-order valence-corrected chi connectivity index (χ4v) is 1.77. The molecule has 92 valence electrons. The lowest BCUT2D eigenvalue weighted by atomic mass is 10.1. The number of aliphatic hydroxyl groups excluding tert-OH is 1. The van der Waals surface area contributed by atoms with Gasteiger partial charge in [-0.3, -0.25) is 0 Å². The van der Waals surface area contributed by atoms with Crippen molar-refractivity contribution in [3.05, 3.63) is 34.9 Å². The van der Waals surface area contributed by atoms with Crippen molar-refractivity contribution >= 4 is 0 Å². The summed E-state index contributed by atoms with van der Waals surface area (Å²) in [5.41, 5.74) is 2.98. The highest BCUT2D eigenvalue weighted by atomic mass is 16.3. The molecule has 0 saturated carbocycles. The third kappa shape index (κ3) is 4.56. The highest BCUT2D eigenvalue weighted by Gasteiger charge is 2.03. The van der Waals surface area contributed by atoms with Crippen molar-refractivity contribution in [3.8, 4) is 6.07 Å². The van der Waals surface area contributed by atoms with Crippen molar-refractivity contribution in [2.45, 2.75) is 39.3 Å². The van der Waals surface area contributed by atoms with Crippen LogP contribution in [0.3, 0.4) is 0 Å². The van der Waals surface area contributed by atoms with Crippen LogP contribution >= 0.6 is 0 Å². The van der Waals surface area contributed by atoms with E-state index in [0.29, 0.717) is 12.1 Å². The van der Waals surface area contributed by atoms with Gasteiger partial charge in [0.1, 0.15) is 0 Å². The van der Waals surface area contributed by atoms with Crippen molar-refractivity contribution in [1.29, 1.82) is 5.26 Å². The van der Waals surface area contributed by atoms with E-state index in [0.717, 1.165) is 24.9 Å². The van der Waals surface area contributed by atoms with Crippen molar-refractivity contribution in [1.82, 2.24) is 5.32 Å². The summed E-state index contributed by atoms with van der Waals surface area (Å²) in [5.74, 6) is 0. The minimum absolute atomic E-state index is 0.265. The van der Waals surface area contributed by atoms with Gasteiger partial charge in [-0.15, -0.1) is 0 Å². The molecule has 1 aromatic rings. The molecule has 0 heterocycles. The molecule has 0 saturated heterocycles. The molecular formula is C14H20N2O. The van der Waals surface area contributed by atoms with Gasteiger partial charge >= 0.3 is 0 Å². The fraction of sp³-hybridized carbons (Fsp3) is 0.500. The first kappa shape index (κ1) is 13.7. The molecule has 3 heteroatoms. The smallest absolute Gasteiger partial charge is 0.0991 e. The minimum Gasteiger partial charge on any atom is -0.392 e. The minimum atomic E-state index is -0.265. The second-order valence-electron chi connectivity index (χ2n) is 4.33. The molecule has 17 heavy (non-hydrogen) atoms. The van der Waals surface area contributed by atoms with Crippen LogP contribution < -0.4 is 5.32 Å². The summed E-state index contributed by atoms with van der Waals surface area (Å²) in [7, 11) is 0. The fourth-order valence-electron chi connectivity index (χ4n) is 1.77. The van der Waals surface area contributed by atoms with Crippen LogP contribution in [0.5, 0.6) is 0 Å². The molecule has 1 unspecified atom stereocenters. The summed E-state index contributed by atoms with van der Waals surface area (Å²) < 4.78 is 0. The average Bonchev–Trinajstić information content (AvgIpc) is 2.31. The molecule has 0 bridgehead atoms. The molecule has 0 aromatic heterocycles. The van der Waals surface area contributed by atoms with E-state index >= 15 is 0 Å². The number of benzene rings is 1. The first-order valence-electron chi connectivity index (χ1n) is 6.05. The molecule has 0 spiro atoms. The van der Waals surface area contributed by atoms with Gasteiger partial charge in [-0.1, -0.05) is 19.4 Å². The van der Waals surface area contributed by atoms with Crippen LogP contribution in [-0.2, 0) is 6.54 Å². The molecule has 1 aromatic carbocycles. The maximum absolute atomic E-state index is 9.57. The van der Waals surface area contributed by atoms with E-state index < -0.39 is 0 Å². The van der Waals surface area contributed by atoms with Gasteiger partial charge in [0.25, 0.3) is 0 Å². The van der Waals surface area contributed by atoms with Crippen LogP contribution in [-0.4, -0.2) is 17.8 Å². The predicted octanol–water partition coefficient (Wildman–Crippen LogP) is 2.12. The Labute approximate surface area is 103 Å². The summed E-state index contributed by atoms with van der Waals surface area (Å²) >= 11 is 0. The van der Waals surface area contributed by atoms with Crippen molar-refractivity contribution in [3.63, 3.8) is 0 Å². The molecule has 2 N–H and O–H groups in total. The molecule has 3 nitrogen and oxygen atoms in total. The summed E-state index contributed by atoms with van der Waals surface area (Å²) in [6.07, 6.45) is 1.57. The normalized spacial score (nSPS) is 12.1. The van der Waals surface area contributed by atoms with Crippen molar-refractivity contribution < 1.29 is 5.11 Å². The predicted molar refractivity (Wildman–Crippen MR) is 68.5 cm³/mol. The third-order valence-electron chi connectivity index (χ3n) is 2.79. The quantitative estimate of drug-likeness (QED) is 0.790. The first-order valence-corrected chi connectivity index (χ1v) is 6.05. The number of hydrogen-bond donors (Lipinski definition) is 2. The lowest BCUT2D eigenvalue weighted by Gasteiger charge is -2.12. The Morgan fingerprint density at radius 2 is 2.24 bits per heavy atom. The number of aryl methyl sites for hydroxylation is 1. The molecule has 0 radical (unpaired) electrons. The lowest BCUT2D eigenvalue weighted by molar-refractivity contribution is 0.160. The van der Waals surface area contributed by atoms with Crippen LogP contribution in [0.15, 0.2) is 18.2 Å². The van der Waals surface area contributed by atoms with Gasteiger partial charge in [-0.25, -0.2) is 0 Å². The number of nitriles is 1. The molecule has 1 rings (SSSR count). The van der Waals surface area contributed by atoms with E-state index in [4.69, 9.17) is 5.26 Å². The van der Waals surface area contributed by atoms with E-state index in [1.54, 1.807) is 0 Å². The summed E-state index contributed by atoms with van der Waals surface area (Å²) in [6, 6.07) is 7.81. The van der Waals surface area contributed by atoms with Crippen molar-refractivity contribution in [2.75, 3.05) is 6.54 Å². The maximum atomic E-state index is 9.57. The Hall–Kier alpha value is -1.37. The number of nitrogens with one attached hydrogen (secondary N) is 1. The lowest BCUT2D eigenvalue weighted by Crippen LogP contribution is -2.26. The SMILES string of the molecule is CCCC(O)CNCc1ccc(C#N)cc1C. The van der Waals surface area contributed by atoms with Gasteiger partial charge < -0.3 is 10.4 Å². The summed E-state index contributed by atoms with van der Waals surface area (Å²) in [5, 5.41) is 21.6. The van der Waals surface area contributed by atoms with Crippen molar-refractivity contribution in [2.24, 2.45) is 0 Å². The van der Waals surface area contributed by atoms with Crippen LogP contribution in [0.2, 0.25) is 0 Å². The van der Waals surface area contributed by atoms with Gasteiger partial charge in [0, 0.05) is 13.1 Å². The van der Waals surface area contributed by atoms with Gasteiger partial charge in [0.05, 0.1) is 17.7 Å². The van der Waals surface area contributed by atoms with Gasteiger partial charge in [-0.05, 0) is 36.6 Å². The Kier molecular flexibility index (Phi) is 5.68. The largest absolute Gasteiger partial charge is 0.392 e. The van der Waals surface area contributed by atoms with E-state index in [2.05, 4.69) is 18.3 Å². The average molecular weight is 232 g/mol. The van der Waals surface area contributed by atoms with E-state index in [-0.39, 0.29) is 6.10 Å². The standard InChI is InChI=1S/C14H20N2O/c1-3-4-14(17)10-16-9-13-6-5-12(8-15)7-11(13)2/h5-7,14,16-17H,3-4,9-10H2,1-2H3. The Bertz CT molecular complexity index is 396. The molecular weight excluding hydrogens is 212 g/mol. The Balaban J connectivity index is 2.45. The van der Waals surface area contributed by atoms with E-state index in [1.807, 2.05) is 25.1 Å².